The Morgan fingerprint density at radius 2 is 1.89 bits per heavy atom. The van der Waals surface area contributed by atoms with Gasteiger partial charge in [0.15, 0.2) is 0 Å². The van der Waals surface area contributed by atoms with E-state index >= 15 is 0 Å². The average Bonchev–Trinajstić information content (AvgIpc) is 2.39. The van der Waals surface area contributed by atoms with Gasteiger partial charge in [-0.2, -0.15) is 13.2 Å². The molecule has 2 heterocycles. The minimum atomic E-state index is -4.11. The average molecular weight is 274 g/mol. The van der Waals surface area contributed by atoms with Crippen molar-refractivity contribution < 1.29 is 13.2 Å². The zero-order chi connectivity index (χ0) is 13.9. The van der Waals surface area contributed by atoms with Crippen LogP contribution in [0.1, 0.15) is 6.92 Å². The topological polar surface area (TPSA) is 32.3 Å². The summed E-state index contributed by atoms with van der Waals surface area (Å²) in [5, 5.41) is 0. The van der Waals surface area contributed by atoms with Crippen molar-refractivity contribution in [1.29, 1.82) is 0 Å². The molecular formula is C12H17F3N4. The predicted molar refractivity (Wildman–Crippen MR) is 65.9 cm³/mol. The summed E-state index contributed by atoms with van der Waals surface area (Å²) in [5.41, 5.74) is 0. The normalized spacial score (nSPS) is 19.5. The van der Waals surface area contributed by atoms with Crippen LogP contribution in [0.4, 0.5) is 19.0 Å². The molecule has 0 bridgehead atoms. The van der Waals surface area contributed by atoms with E-state index in [1.165, 1.54) is 6.92 Å². The molecule has 1 fully saturated rings. The summed E-state index contributed by atoms with van der Waals surface area (Å²) in [5.74, 6) is -0.499. The van der Waals surface area contributed by atoms with E-state index in [1.54, 1.807) is 18.6 Å². The highest BCUT2D eigenvalue weighted by molar-refractivity contribution is 5.35. The number of aromatic nitrogens is 2. The van der Waals surface area contributed by atoms with Crippen molar-refractivity contribution in [3.63, 3.8) is 0 Å². The van der Waals surface area contributed by atoms with Gasteiger partial charge >= 0.3 is 6.18 Å². The fraction of sp³-hybridized carbons (Fsp3) is 0.667. The standard InChI is InChI=1S/C12H17F3N4/c1-10(12(13,14)15)9-18-4-6-19(7-5-18)11-8-16-2-3-17-11/h2-3,8,10H,4-7,9H2,1H3/t10-/m1/s1. The van der Waals surface area contributed by atoms with Gasteiger partial charge in [-0.25, -0.2) is 4.98 Å². The minimum absolute atomic E-state index is 0.0673. The first-order chi connectivity index (χ1) is 8.97. The Morgan fingerprint density at radius 1 is 1.21 bits per heavy atom. The zero-order valence-electron chi connectivity index (χ0n) is 10.8. The van der Waals surface area contributed by atoms with Crippen molar-refractivity contribution >= 4 is 5.82 Å². The summed E-state index contributed by atoms with van der Waals surface area (Å²) in [6.07, 6.45) is 0.786. The lowest BCUT2D eigenvalue weighted by molar-refractivity contribution is -0.174. The third-order valence-electron chi connectivity index (χ3n) is 3.34. The first-order valence-electron chi connectivity index (χ1n) is 6.27. The molecule has 0 N–H and O–H groups in total. The lowest BCUT2D eigenvalue weighted by Gasteiger charge is -2.36. The highest BCUT2D eigenvalue weighted by atomic mass is 19.4. The van der Waals surface area contributed by atoms with Crippen LogP contribution < -0.4 is 4.90 Å². The number of hydrogen-bond donors (Lipinski definition) is 0. The summed E-state index contributed by atoms with van der Waals surface area (Å²) in [6, 6.07) is 0. The predicted octanol–water partition coefficient (Wildman–Crippen LogP) is 1.80. The van der Waals surface area contributed by atoms with Gasteiger partial charge in [-0.3, -0.25) is 9.88 Å². The molecule has 0 aliphatic carbocycles. The Labute approximate surface area is 110 Å². The number of hydrogen-bond acceptors (Lipinski definition) is 4. The number of rotatable bonds is 3. The van der Waals surface area contributed by atoms with Gasteiger partial charge in [0.05, 0.1) is 12.1 Å². The third kappa shape index (κ3) is 3.79. The van der Waals surface area contributed by atoms with Crippen LogP contribution in [-0.4, -0.2) is 53.8 Å². The second kappa shape index (κ2) is 5.73. The quantitative estimate of drug-likeness (QED) is 0.841. The highest BCUT2D eigenvalue weighted by Gasteiger charge is 2.37. The fourth-order valence-corrected chi connectivity index (χ4v) is 2.10. The van der Waals surface area contributed by atoms with Crippen LogP contribution in [0, 0.1) is 5.92 Å². The summed E-state index contributed by atoms with van der Waals surface area (Å²) >= 11 is 0. The summed E-state index contributed by atoms with van der Waals surface area (Å²) in [7, 11) is 0. The van der Waals surface area contributed by atoms with Crippen LogP contribution in [0.15, 0.2) is 18.6 Å². The molecule has 0 amide bonds. The van der Waals surface area contributed by atoms with E-state index in [0.717, 1.165) is 5.82 Å². The van der Waals surface area contributed by atoms with Crippen LogP contribution in [0.5, 0.6) is 0 Å². The third-order valence-corrected chi connectivity index (χ3v) is 3.34. The van der Waals surface area contributed by atoms with Gasteiger partial charge in [0.2, 0.25) is 0 Å². The molecule has 0 saturated carbocycles. The van der Waals surface area contributed by atoms with E-state index < -0.39 is 12.1 Å². The molecule has 2 rings (SSSR count). The van der Waals surface area contributed by atoms with Crippen molar-refractivity contribution in [2.75, 3.05) is 37.6 Å². The maximum Gasteiger partial charge on any atom is 0.392 e. The minimum Gasteiger partial charge on any atom is -0.353 e. The van der Waals surface area contributed by atoms with Crippen LogP contribution in [0.3, 0.4) is 0 Å². The lowest BCUT2D eigenvalue weighted by Crippen LogP contribution is -2.49. The molecule has 1 saturated heterocycles. The molecule has 1 aliphatic rings. The van der Waals surface area contributed by atoms with E-state index in [1.807, 2.05) is 9.80 Å². The van der Waals surface area contributed by atoms with Gasteiger partial charge in [0, 0.05) is 45.1 Å². The summed E-state index contributed by atoms with van der Waals surface area (Å²) < 4.78 is 37.5. The maximum atomic E-state index is 12.5. The molecule has 0 spiro atoms. The van der Waals surface area contributed by atoms with Crippen LogP contribution in [0.25, 0.3) is 0 Å². The van der Waals surface area contributed by atoms with E-state index in [0.29, 0.717) is 26.2 Å². The van der Waals surface area contributed by atoms with Gasteiger partial charge in [-0.05, 0) is 0 Å². The van der Waals surface area contributed by atoms with Gasteiger partial charge in [0.1, 0.15) is 5.82 Å². The molecule has 0 radical (unpaired) electrons. The number of alkyl halides is 3. The van der Waals surface area contributed by atoms with Gasteiger partial charge < -0.3 is 4.90 Å². The van der Waals surface area contributed by atoms with Crippen LogP contribution >= 0.6 is 0 Å². The molecule has 1 aromatic rings. The molecule has 0 aromatic carbocycles. The highest BCUT2D eigenvalue weighted by Crippen LogP contribution is 2.26. The lowest BCUT2D eigenvalue weighted by atomic mass is 10.1. The largest absolute Gasteiger partial charge is 0.392 e. The Morgan fingerprint density at radius 3 is 2.42 bits per heavy atom. The van der Waals surface area contributed by atoms with E-state index in [2.05, 4.69) is 9.97 Å². The number of nitrogens with zero attached hydrogens (tertiary/aromatic N) is 4. The first-order valence-corrected chi connectivity index (χ1v) is 6.27. The van der Waals surface area contributed by atoms with E-state index in [-0.39, 0.29) is 6.54 Å². The van der Waals surface area contributed by atoms with Crippen molar-refractivity contribution in [1.82, 2.24) is 14.9 Å². The number of halogens is 3. The number of piperazine rings is 1. The summed E-state index contributed by atoms with van der Waals surface area (Å²) in [4.78, 5) is 12.1. The van der Waals surface area contributed by atoms with Crippen LogP contribution in [0.2, 0.25) is 0 Å². The molecule has 1 atom stereocenters. The molecule has 0 unspecified atom stereocenters. The Balaban J connectivity index is 1.83. The molecular weight excluding hydrogens is 257 g/mol. The molecule has 19 heavy (non-hydrogen) atoms. The van der Waals surface area contributed by atoms with Gasteiger partial charge in [-0.15, -0.1) is 0 Å². The van der Waals surface area contributed by atoms with Crippen molar-refractivity contribution in [3.05, 3.63) is 18.6 Å². The Kier molecular flexibility index (Phi) is 4.24. The van der Waals surface area contributed by atoms with Crippen molar-refractivity contribution in [2.24, 2.45) is 5.92 Å². The maximum absolute atomic E-state index is 12.5. The smallest absolute Gasteiger partial charge is 0.353 e. The van der Waals surface area contributed by atoms with Crippen LogP contribution in [-0.2, 0) is 0 Å². The fourth-order valence-electron chi connectivity index (χ4n) is 2.10. The molecule has 4 nitrogen and oxygen atoms in total. The van der Waals surface area contributed by atoms with Gasteiger partial charge in [-0.1, -0.05) is 6.92 Å². The van der Waals surface area contributed by atoms with E-state index in [4.69, 9.17) is 0 Å². The molecule has 1 aliphatic heterocycles. The SMILES string of the molecule is C[C@H](CN1CCN(c2cnccn2)CC1)C(F)(F)F. The molecule has 1 aromatic heterocycles. The first kappa shape index (κ1) is 14.0. The second-order valence-electron chi connectivity index (χ2n) is 4.79. The Bertz CT molecular complexity index is 388. The Hall–Kier alpha value is -1.37. The van der Waals surface area contributed by atoms with Crippen molar-refractivity contribution in [3.8, 4) is 0 Å². The zero-order valence-corrected chi connectivity index (χ0v) is 10.8. The second-order valence-corrected chi connectivity index (χ2v) is 4.79. The van der Waals surface area contributed by atoms with Crippen molar-refractivity contribution in [2.45, 2.75) is 13.1 Å². The van der Waals surface area contributed by atoms with E-state index in [9.17, 15) is 13.2 Å². The molecule has 7 heteroatoms. The number of anilines is 1. The summed E-state index contributed by atoms with van der Waals surface area (Å²) in [6.45, 7) is 3.91. The molecule has 106 valence electrons. The van der Waals surface area contributed by atoms with Gasteiger partial charge in [0.25, 0.3) is 0 Å². The monoisotopic (exact) mass is 274 g/mol.